The summed E-state index contributed by atoms with van der Waals surface area (Å²) in [6.07, 6.45) is 0. The number of non-ortho nitro benzene ring substituents is 1. The largest absolute Gasteiger partial charge is 0.496 e. The van der Waals surface area contributed by atoms with Crippen LogP contribution in [0.3, 0.4) is 0 Å². The molecule has 0 saturated heterocycles. The first-order chi connectivity index (χ1) is 12.3. The molecule has 26 heavy (non-hydrogen) atoms. The number of methoxy groups -OCH3 is 1. The lowest BCUT2D eigenvalue weighted by molar-refractivity contribution is -0.385. The first-order valence-corrected chi connectivity index (χ1v) is 8.77. The topological polar surface area (TPSA) is 130 Å². The SMILES string of the molecule is COc1ccccc1-c1cc(N)n(S(=O)(=O)c2cccc([N+](=O)[O-])c2)n1. The van der Waals surface area contributed by atoms with Gasteiger partial charge in [0.25, 0.3) is 15.7 Å². The van der Waals surface area contributed by atoms with Gasteiger partial charge in [0, 0.05) is 23.8 Å². The molecule has 0 fully saturated rings. The predicted molar refractivity (Wildman–Crippen MR) is 94.3 cm³/mol. The number of nitrogen functional groups attached to an aromatic ring is 1. The molecule has 0 saturated carbocycles. The number of nitrogens with zero attached hydrogens (tertiary/aromatic N) is 3. The van der Waals surface area contributed by atoms with Crippen molar-refractivity contribution < 1.29 is 18.1 Å². The molecule has 0 atom stereocenters. The zero-order valence-corrected chi connectivity index (χ0v) is 14.4. The summed E-state index contributed by atoms with van der Waals surface area (Å²) in [5.74, 6) is 0.377. The lowest BCUT2D eigenvalue weighted by Crippen LogP contribution is -2.17. The van der Waals surface area contributed by atoms with Gasteiger partial charge >= 0.3 is 0 Å². The Morgan fingerprint density at radius 3 is 2.58 bits per heavy atom. The highest BCUT2D eigenvalue weighted by Crippen LogP contribution is 2.31. The number of nitro benzene ring substituents is 1. The Labute approximate surface area is 148 Å². The van der Waals surface area contributed by atoms with Crippen LogP contribution in [0, 0.1) is 10.1 Å². The lowest BCUT2D eigenvalue weighted by Gasteiger charge is -2.07. The van der Waals surface area contributed by atoms with E-state index < -0.39 is 14.9 Å². The zero-order valence-electron chi connectivity index (χ0n) is 13.6. The molecular weight excluding hydrogens is 360 g/mol. The molecule has 134 valence electrons. The number of para-hydroxylation sites is 1. The maximum Gasteiger partial charge on any atom is 0.285 e. The molecule has 0 aliphatic carbocycles. The molecule has 1 aromatic heterocycles. The fraction of sp³-hybridized carbons (Fsp3) is 0.0625. The number of nitrogens with two attached hydrogens (primary N) is 1. The van der Waals surface area contributed by atoms with E-state index in [-0.39, 0.29) is 16.4 Å². The number of ether oxygens (including phenoxy) is 1. The van der Waals surface area contributed by atoms with Gasteiger partial charge in [-0.2, -0.15) is 13.5 Å². The third kappa shape index (κ3) is 2.97. The molecule has 3 aromatic rings. The van der Waals surface area contributed by atoms with Gasteiger partial charge in [0.2, 0.25) is 0 Å². The normalized spacial score (nSPS) is 11.3. The van der Waals surface area contributed by atoms with E-state index in [0.29, 0.717) is 21.1 Å². The molecule has 0 spiro atoms. The van der Waals surface area contributed by atoms with Crippen molar-refractivity contribution in [2.75, 3.05) is 12.8 Å². The summed E-state index contributed by atoms with van der Waals surface area (Å²) in [7, 11) is -2.71. The van der Waals surface area contributed by atoms with Crippen LogP contribution in [0.25, 0.3) is 11.3 Å². The van der Waals surface area contributed by atoms with Crippen molar-refractivity contribution in [2.45, 2.75) is 4.90 Å². The molecule has 9 nitrogen and oxygen atoms in total. The predicted octanol–water partition coefficient (Wildman–Crippen LogP) is 2.29. The van der Waals surface area contributed by atoms with Gasteiger partial charge in [-0.15, -0.1) is 4.09 Å². The highest BCUT2D eigenvalue weighted by molar-refractivity contribution is 7.90. The summed E-state index contributed by atoms with van der Waals surface area (Å²) in [5, 5.41) is 15.0. The summed E-state index contributed by atoms with van der Waals surface area (Å²) in [5.41, 5.74) is 6.36. The summed E-state index contributed by atoms with van der Waals surface area (Å²) in [6, 6.07) is 13.0. The molecule has 0 bridgehead atoms. The second kappa shape index (κ2) is 6.48. The molecule has 0 aliphatic heterocycles. The van der Waals surface area contributed by atoms with E-state index in [1.54, 1.807) is 24.3 Å². The molecule has 0 amide bonds. The molecule has 3 rings (SSSR count). The fourth-order valence-corrected chi connectivity index (χ4v) is 3.66. The quantitative estimate of drug-likeness (QED) is 0.535. The minimum Gasteiger partial charge on any atom is -0.496 e. The molecule has 2 N–H and O–H groups in total. The van der Waals surface area contributed by atoms with Crippen molar-refractivity contribution in [3.63, 3.8) is 0 Å². The van der Waals surface area contributed by atoms with Gasteiger partial charge in [0.1, 0.15) is 11.6 Å². The van der Waals surface area contributed by atoms with Crippen molar-refractivity contribution in [1.82, 2.24) is 9.19 Å². The minimum atomic E-state index is -4.20. The van der Waals surface area contributed by atoms with E-state index in [0.717, 1.165) is 6.07 Å². The van der Waals surface area contributed by atoms with Crippen LogP contribution in [0.4, 0.5) is 11.5 Å². The molecule has 0 aliphatic rings. The summed E-state index contributed by atoms with van der Waals surface area (Å²) < 4.78 is 31.5. The third-order valence-electron chi connectivity index (χ3n) is 3.64. The number of aromatic nitrogens is 2. The van der Waals surface area contributed by atoms with Crippen LogP contribution in [0.1, 0.15) is 0 Å². The van der Waals surface area contributed by atoms with Crippen LogP contribution in [-0.2, 0) is 10.0 Å². The third-order valence-corrected chi connectivity index (χ3v) is 5.24. The number of benzene rings is 2. The van der Waals surface area contributed by atoms with Gasteiger partial charge in [-0.1, -0.05) is 18.2 Å². The van der Waals surface area contributed by atoms with Crippen LogP contribution in [0.15, 0.2) is 59.5 Å². The highest BCUT2D eigenvalue weighted by atomic mass is 32.2. The van der Waals surface area contributed by atoms with Gasteiger partial charge in [-0.05, 0) is 18.2 Å². The van der Waals surface area contributed by atoms with Crippen molar-refractivity contribution in [2.24, 2.45) is 0 Å². The van der Waals surface area contributed by atoms with E-state index in [2.05, 4.69) is 5.10 Å². The van der Waals surface area contributed by atoms with Crippen molar-refractivity contribution in [1.29, 1.82) is 0 Å². The van der Waals surface area contributed by atoms with Crippen molar-refractivity contribution in [3.8, 4) is 17.0 Å². The van der Waals surface area contributed by atoms with Crippen LogP contribution < -0.4 is 10.5 Å². The Hall–Kier alpha value is -3.40. The molecule has 2 aromatic carbocycles. The van der Waals surface area contributed by atoms with Crippen LogP contribution >= 0.6 is 0 Å². The average molecular weight is 374 g/mol. The second-order valence-electron chi connectivity index (χ2n) is 5.26. The smallest absolute Gasteiger partial charge is 0.285 e. The van der Waals surface area contributed by atoms with E-state index in [9.17, 15) is 18.5 Å². The molecule has 0 radical (unpaired) electrons. The average Bonchev–Trinajstić information content (AvgIpc) is 3.04. The first-order valence-electron chi connectivity index (χ1n) is 7.33. The van der Waals surface area contributed by atoms with Gasteiger partial charge in [0.15, 0.2) is 0 Å². The van der Waals surface area contributed by atoms with E-state index in [1.807, 2.05) is 0 Å². The van der Waals surface area contributed by atoms with Crippen molar-refractivity contribution >= 4 is 21.5 Å². The van der Waals surface area contributed by atoms with Crippen molar-refractivity contribution in [3.05, 3.63) is 64.7 Å². The van der Waals surface area contributed by atoms with Gasteiger partial charge < -0.3 is 10.5 Å². The van der Waals surface area contributed by atoms with E-state index >= 15 is 0 Å². The maximum atomic E-state index is 12.8. The standard InChI is InChI=1S/C16H14N4O5S/c1-25-15-8-3-2-7-13(15)14-10-16(17)19(18-14)26(23,24)12-6-4-5-11(9-12)20(21)22/h2-10H,17H2,1H3. The Morgan fingerprint density at radius 1 is 1.15 bits per heavy atom. The molecule has 10 heteroatoms. The summed E-state index contributed by atoms with van der Waals surface area (Å²) in [6.45, 7) is 0. The first kappa shape index (κ1) is 17.4. The van der Waals surface area contributed by atoms with Gasteiger partial charge in [-0.3, -0.25) is 10.1 Å². The molecule has 0 unspecified atom stereocenters. The minimum absolute atomic E-state index is 0.127. The number of nitro groups is 1. The monoisotopic (exact) mass is 374 g/mol. The Kier molecular flexibility index (Phi) is 4.34. The zero-order chi connectivity index (χ0) is 18.9. The Bertz CT molecular complexity index is 1090. The number of rotatable bonds is 5. The van der Waals surface area contributed by atoms with E-state index in [1.165, 1.54) is 31.4 Å². The summed E-state index contributed by atoms with van der Waals surface area (Å²) in [4.78, 5) is 9.93. The maximum absolute atomic E-state index is 12.8. The van der Waals surface area contributed by atoms with Gasteiger partial charge in [-0.25, -0.2) is 0 Å². The van der Waals surface area contributed by atoms with Crippen LogP contribution in [0.5, 0.6) is 5.75 Å². The number of hydrogen-bond donors (Lipinski definition) is 1. The fourth-order valence-electron chi connectivity index (χ4n) is 2.42. The Morgan fingerprint density at radius 2 is 1.88 bits per heavy atom. The lowest BCUT2D eigenvalue weighted by atomic mass is 10.1. The Balaban J connectivity index is 2.11. The highest BCUT2D eigenvalue weighted by Gasteiger charge is 2.24. The molecular formula is C16H14N4O5S. The second-order valence-corrected chi connectivity index (χ2v) is 7.02. The molecule has 1 heterocycles. The number of anilines is 1. The van der Waals surface area contributed by atoms with Crippen LogP contribution in [-0.4, -0.2) is 29.6 Å². The van der Waals surface area contributed by atoms with Gasteiger partial charge in [0.05, 0.1) is 22.6 Å². The number of hydrogen-bond acceptors (Lipinski definition) is 7. The summed E-state index contributed by atoms with van der Waals surface area (Å²) >= 11 is 0. The van der Waals surface area contributed by atoms with Crippen LogP contribution in [0.2, 0.25) is 0 Å². The van der Waals surface area contributed by atoms with E-state index in [4.69, 9.17) is 10.5 Å².